The Kier molecular flexibility index (Phi) is 6.47. The van der Waals surface area contributed by atoms with E-state index < -0.39 is 0 Å². The summed E-state index contributed by atoms with van der Waals surface area (Å²) in [6, 6.07) is 21.4. The Morgan fingerprint density at radius 1 is 0.828 bits per heavy atom. The van der Waals surface area contributed by atoms with Gasteiger partial charge >= 0.3 is 0 Å². The van der Waals surface area contributed by atoms with Crippen molar-refractivity contribution in [3.63, 3.8) is 0 Å². The van der Waals surface area contributed by atoms with Crippen molar-refractivity contribution in [3.05, 3.63) is 83.9 Å². The minimum atomic E-state index is -0.282. The van der Waals surface area contributed by atoms with Gasteiger partial charge in [0.25, 0.3) is 5.91 Å². The van der Waals surface area contributed by atoms with Crippen molar-refractivity contribution >= 4 is 23.2 Å². The summed E-state index contributed by atoms with van der Waals surface area (Å²) in [6.07, 6.45) is 0.292. The molecule has 0 spiro atoms. The molecule has 0 atom stereocenters. The summed E-state index contributed by atoms with van der Waals surface area (Å²) < 4.78 is 10.5. The first-order valence-electron chi connectivity index (χ1n) is 9.06. The number of ether oxygens (including phenoxy) is 2. The van der Waals surface area contributed by atoms with Crippen LogP contribution in [0.15, 0.2) is 72.8 Å². The second kappa shape index (κ2) is 9.41. The van der Waals surface area contributed by atoms with E-state index in [0.29, 0.717) is 34.9 Å². The van der Waals surface area contributed by atoms with Crippen LogP contribution < -0.4 is 20.1 Å². The molecule has 0 aromatic heterocycles. The Balaban J connectivity index is 1.62. The van der Waals surface area contributed by atoms with Crippen molar-refractivity contribution in [2.24, 2.45) is 0 Å². The normalized spacial score (nSPS) is 10.1. The van der Waals surface area contributed by atoms with E-state index in [9.17, 15) is 9.59 Å². The summed E-state index contributed by atoms with van der Waals surface area (Å²) in [4.78, 5) is 24.7. The van der Waals surface area contributed by atoms with Gasteiger partial charge < -0.3 is 20.1 Å². The second-order valence-electron chi connectivity index (χ2n) is 6.31. The number of amides is 2. The molecule has 3 rings (SSSR count). The molecule has 0 aliphatic heterocycles. The predicted molar refractivity (Wildman–Crippen MR) is 113 cm³/mol. The Morgan fingerprint density at radius 3 is 2.21 bits per heavy atom. The van der Waals surface area contributed by atoms with Gasteiger partial charge in [0.2, 0.25) is 5.91 Å². The van der Waals surface area contributed by atoms with Gasteiger partial charge in [-0.1, -0.05) is 30.3 Å². The van der Waals surface area contributed by atoms with Gasteiger partial charge in [-0.25, -0.2) is 0 Å². The monoisotopic (exact) mass is 390 g/mol. The lowest BCUT2D eigenvalue weighted by atomic mass is 10.1. The highest BCUT2D eigenvalue weighted by Gasteiger charge is 2.11. The van der Waals surface area contributed by atoms with Gasteiger partial charge in [-0.05, 0) is 42.0 Å². The van der Waals surface area contributed by atoms with Gasteiger partial charge in [0.05, 0.1) is 26.3 Å². The summed E-state index contributed by atoms with van der Waals surface area (Å²) in [5.41, 5.74) is 2.57. The molecule has 29 heavy (non-hydrogen) atoms. The Bertz CT molecular complexity index is 986. The lowest BCUT2D eigenvalue weighted by Crippen LogP contribution is -2.15. The maximum Gasteiger partial charge on any atom is 0.255 e. The van der Waals surface area contributed by atoms with Crippen molar-refractivity contribution < 1.29 is 19.1 Å². The molecule has 2 N–H and O–H groups in total. The first kappa shape index (κ1) is 19.9. The number of hydrogen-bond donors (Lipinski definition) is 2. The highest BCUT2D eigenvalue weighted by atomic mass is 16.5. The van der Waals surface area contributed by atoms with Crippen molar-refractivity contribution in [3.8, 4) is 11.5 Å². The summed E-state index contributed by atoms with van der Waals surface area (Å²) in [6.45, 7) is 0. The minimum absolute atomic E-state index is 0.114. The lowest BCUT2D eigenvalue weighted by Gasteiger charge is -2.12. The third kappa shape index (κ3) is 5.35. The highest BCUT2D eigenvalue weighted by molar-refractivity contribution is 6.05. The molecule has 3 aromatic carbocycles. The fourth-order valence-electron chi connectivity index (χ4n) is 2.79. The van der Waals surface area contributed by atoms with Crippen LogP contribution in [0.5, 0.6) is 11.5 Å². The zero-order valence-corrected chi connectivity index (χ0v) is 16.3. The van der Waals surface area contributed by atoms with Crippen molar-refractivity contribution in [1.82, 2.24) is 0 Å². The van der Waals surface area contributed by atoms with Crippen LogP contribution in [0.3, 0.4) is 0 Å². The maximum atomic E-state index is 12.5. The van der Waals surface area contributed by atoms with Crippen LogP contribution in [0.2, 0.25) is 0 Å². The van der Waals surface area contributed by atoms with Crippen molar-refractivity contribution in [2.75, 3.05) is 24.9 Å². The van der Waals surface area contributed by atoms with E-state index in [1.54, 1.807) is 49.6 Å². The first-order chi connectivity index (χ1) is 14.1. The Hall–Kier alpha value is -3.80. The van der Waals surface area contributed by atoms with Crippen LogP contribution in [0, 0.1) is 0 Å². The van der Waals surface area contributed by atoms with Crippen LogP contribution in [0.4, 0.5) is 11.4 Å². The number of carbonyl (C=O) groups is 2. The number of methoxy groups -OCH3 is 2. The number of anilines is 2. The summed E-state index contributed by atoms with van der Waals surface area (Å²) in [7, 11) is 3.09. The van der Waals surface area contributed by atoms with E-state index in [1.807, 2.05) is 30.3 Å². The fraction of sp³-hybridized carbons (Fsp3) is 0.130. The summed E-state index contributed by atoms with van der Waals surface area (Å²) >= 11 is 0. The third-order valence-corrected chi connectivity index (χ3v) is 4.30. The molecule has 0 saturated heterocycles. The quantitative estimate of drug-likeness (QED) is 0.636. The van der Waals surface area contributed by atoms with Crippen molar-refractivity contribution in [1.29, 1.82) is 0 Å². The van der Waals surface area contributed by atoms with Crippen molar-refractivity contribution in [2.45, 2.75) is 6.42 Å². The molecule has 0 heterocycles. The average molecular weight is 390 g/mol. The summed E-state index contributed by atoms with van der Waals surface area (Å²) in [5.74, 6) is 0.741. The number of carbonyl (C=O) groups excluding carboxylic acids is 2. The van der Waals surface area contributed by atoms with Gasteiger partial charge in [-0.3, -0.25) is 9.59 Å². The molecular formula is C23H22N2O4. The van der Waals surface area contributed by atoms with E-state index in [-0.39, 0.29) is 11.8 Å². The molecule has 0 aliphatic carbocycles. The number of rotatable bonds is 7. The standard InChI is InChI=1S/C23H22N2O4/c1-28-19-12-13-20(21(15-19)29-2)25-23(27)17-8-10-18(11-9-17)24-22(26)14-16-6-4-3-5-7-16/h3-13,15H,14H2,1-2H3,(H,24,26)(H,25,27). The number of nitrogens with one attached hydrogen (secondary N) is 2. The van der Waals surface area contributed by atoms with E-state index >= 15 is 0 Å². The Labute approximate surface area is 169 Å². The zero-order valence-electron chi connectivity index (χ0n) is 16.3. The van der Waals surface area contributed by atoms with Gasteiger partial charge in [0, 0.05) is 17.3 Å². The largest absolute Gasteiger partial charge is 0.497 e. The lowest BCUT2D eigenvalue weighted by molar-refractivity contribution is -0.115. The van der Waals surface area contributed by atoms with Gasteiger partial charge in [0.1, 0.15) is 11.5 Å². The molecule has 0 aliphatic rings. The van der Waals surface area contributed by atoms with E-state index in [4.69, 9.17) is 9.47 Å². The molecule has 0 fully saturated rings. The maximum absolute atomic E-state index is 12.5. The zero-order chi connectivity index (χ0) is 20.6. The molecule has 0 bridgehead atoms. The van der Waals surface area contributed by atoms with Gasteiger partial charge in [-0.2, -0.15) is 0 Å². The molecule has 3 aromatic rings. The van der Waals surface area contributed by atoms with Crippen LogP contribution in [-0.4, -0.2) is 26.0 Å². The molecular weight excluding hydrogens is 368 g/mol. The van der Waals surface area contributed by atoms with Gasteiger partial charge in [0.15, 0.2) is 0 Å². The average Bonchev–Trinajstić information content (AvgIpc) is 2.75. The highest BCUT2D eigenvalue weighted by Crippen LogP contribution is 2.29. The smallest absolute Gasteiger partial charge is 0.255 e. The predicted octanol–water partition coefficient (Wildman–Crippen LogP) is 4.14. The van der Waals surface area contributed by atoms with Crippen LogP contribution in [0.1, 0.15) is 15.9 Å². The van der Waals surface area contributed by atoms with Gasteiger partial charge in [-0.15, -0.1) is 0 Å². The topological polar surface area (TPSA) is 76.7 Å². The molecule has 6 heteroatoms. The molecule has 2 amide bonds. The SMILES string of the molecule is COc1ccc(NC(=O)c2ccc(NC(=O)Cc3ccccc3)cc2)c(OC)c1. The first-order valence-corrected chi connectivity index (χ1v) is 9.06. The molecule has 0 saturated carbocycles. The summed E-state index contributed by atoms with van der Waals surface area (Å²) in [5, 5.41) is 5.65. The second-order valence-corrected chi connectivity index (χ2v) is 6.31. The van der Waals surface area contributed by atoms with E-state index in [1.165, 1.54) is 7.11 Å². The molecule has 0 radical (unpaired) electrons. The van der Waals surface area contributed by atoms with E-state index in [0.717, 1.165) is 5.56 Å². The number of hydrogen-bond acceptors (Lipinski definition) is 4. The molecule has 6 nitrogen and oxygen atoms in total. The van der Waals surface area contributed by atoms with Crippen LogP contribution in [-0.2, 0) is 11.2 Å². The minimum Gasteiger partial charge on any atom is -0.497 e. The molecule has 0 unspecified atom stereocenters. The molecule has 148 valence electrons. The number of benzene rings is 3. The fourth-order valence-corrected chi connectivity index (χ4v) is 2.79. The Morgan fingerprint density at radius 2 is 1.55 bits per heavy atom. The van der Waals surface area contributed by atoms with Crippen LogP contribution >= 0.6 is 0 Å². The van der Waals surface area contributed by atoms with E-state index in [2.05, 4.69) is 10.6 Å². The third-order valence-electron chi connectivity index (χ3n) is 4.30. The van der Waals surface area contributed by atoms with Crippen LogP contribution in [0.25, 0.3) is 0 Å².